The summed E-state index contributed by atoms with van der Waals surface area (Å²) < 4.78 is 0. The molecule has 2 unspecified atom stereocenters. The first-order valence-corrected chi connectivity index (χ1v) is 19.7. The highest BCUT2D eigenvalue weighted by atomic mass is 31.1. The van der Waals surface area contributed by atoms with Crippen molar-refractivity contribution >= 4 is 59.8 Å². The molecule has 0 aromatic heterocycles. The summed E-state index contributed by atoms with van der Waals surface area (Å²) in [7, 11) is -1.31. The van der Waals surface area contributed by atoms with Crippen LogP contribution in [0.1, 0.15) is 54.9 Å². The van der Waals surface area contributed by atoms with E-state index in [0.29, 0.717) is 17.8 Å². The first-order valence-electron chi connectivity index (χ1n) is 17.0. The van der Waals surface area contributed by atoms with Gasteiger partial charge in [-0.25, -0.2) is 0 Å². The molecule has 0 bridgehead atoms. The molecule has 8 rings (SSSR count). The highest BCUT2D eigenvalue weighted by Crippen LogP contribution is 2.52. The van der Waals surface area contributed by atoms with Gasteiger partial charge in [0.25, 0.3) is 0 Å². The number of fused-ring (bicyclic) bond motifs is 2. The minimum atomic E-state index is -0.655. The van der Waals surface area contributed by atoms with E-state index >= 15 is 0 Å². The summed E-state index contributed by atoms with van der Waals surface area (Å²) in [4.78, 5) is 0. The molecule has 0 aliphatic heterocycles. The Bertz CT molecular complexity index is 1880. The fourth-order valence-corrected chi connectivity index (χ4v) is 12.8. The van der Waals surface area contributed by atoms with Crippen LogP contribution < -0.4 is 31.8 Å². The van der Waals surface area contributed by atoms with Gasteiger partial charge >= 0.3 is 0 Å². The zero-order chi connectivity index (χ0) is 32.6. The quantitative estimate of drug-likeness (QED) is 0.144. The van der Waals surface area contributed by atoms with Gasteiger partial charge in [-0.1, -0.05) is 176 Å². The molecule has 0 fully saturated rings. The summed E-state index contributed by atoms with van der Waals surface area (Å²) in [6.45, 7) is 7.21. The molecular weight excluding hydrogens is 614 g/mol. The Morgan fingerprint density at radius 3 is 1.02 bits per heavy atom. The normalized spacial score (nSPS) is 17.2. The molecule has 2 atom stereocenters. The van der Waals surface area contributed by atoms with Gasteiger partial charge in [-0.3, -0.25) is 0 Å². The summed E-state index contributed by atoms with van der Waals surface area (Å²) in [5, 5.41) is 8.45. The molecule has 48 heavy (non-hydrogen) atoms. The van der Waals surface area contributed by atoms with E-state index in [2.05, 4.69) is 191 Å². The second-order valence-electron chi connectivity index (χ2n) is 13.2. The number of benzene rings is 6. The van der Waals surface area contributed by atoms with Crippen LogP contribution in [-0.4, -0.2) is 0 Å². The number of allylic oxidation sites excluding steroid dienone is 2. The fourth-order valence-electron chi connectivity index (χ4n) is 8.16. The van der Waals surface area contributed by atoms with Crippen LogP contribution in [0.3, 0.4) is 0 Å². The van der Waals surface area contributed by atoms with Gasteiger partial charge in [0.1, 0.15) is 0 Å². The third kappa shape index (κ3) is 5.73. The van der Waals surface area contributed by atoms with E-state index in [9.17, 15) is 0 Å². The lowest BCUT2D eigenvalue weighted by Crippen LogP contribution is -2.24. The van der Waals surface area contributed by atoms with E-state index < -0.39 is 15.8 Å². The monoisotopic (exact) mass is 654 g/mol. The second-order valence-corrected chi connectivity index (χ2v) is 17.7. The molecule has 0 heterocycles. The third-order valence-electron chi connectivity index (χ3n) is 10.2. The minimum Gasteiger partial charge on any atom is -0.0649 e. The number of hydrogen-bond donors (Lipinski definition) is 0. The lowest BCUT2D eigenvalue weighted by molar-refractivity contribution is 0.455. The molecule has 0 saturated heterocycles. The third-order valence-corrected chi connectivity index (χ3v) is 15.0. The molecule has 0 saturated carbocycles. The molecule has 0 spiro atoms. The van der Waals surface area contributed by atoms with Gasteiger partial charge in [-0.05, 0) is 102 Å². The first-order chi connectivity index (χ1) is 23.6. The van der Waals surface area contributed by atoms with Crippen LogP contribution in [0.5, 0.6) is 0 Å². The SMILES string of the molecule is CC1=Cc2ccc(P(c3ccccc3)c3ccccc3)cc2C1C(C)C1C(C)=Cc2ccc(P(c3ccccc3)c3ccccc3)cc21. The van der Waals surface area contributed by atoms with Crippen LogP contribution in [-0.2, 0) is 0 Å². The minimum absolute atomic E-state index is 0.371. The number of hydrogen-bond acceptors (Lipinski definition) is 0. The van der Waals surface area contributed by atoms with Crippen molar-refractivity contribution < 1.29 is 0 Å². The van der Waals surface area contributed by atoms with Gasteiger partial charge in [0, 0.05) is 11.8 Å². The molecule has 0 amide bonds. The Kier molecular flexibility index (Phi) is 8.57. The Morgan fingerprint density at radius 1 is 0.396 bits per heavy atom. The fraction of sp³-hybridized carbons (Fsp3) is 0.130. The van der Waals surface area contributed by atoms with Crippen molar-refractivity contribution in [2.45, 2.75) is 32.6 Å². The van der Waals surface area contributed by atoms with Crippen LogP contribution in [0.25, 0.3) is 12.2 Å². The summed E-state index contributed by atoms with van der Waals surface area (Å²) in [5.74, 6) is 1.16. The first kappa shape index (κ1) is 31.0. The van der Waals surface area contributed by atoms with Crippen molar-refractivity contribution in [1.82, 2.24) is 0 Å². The maximum atomic E-state index is 2.56. The van der Waals surface area contributed by atoms with Crippen molar-refractivity contribution in [3.63, 3.8) is 0 Å². The van der Waals surface area contributed by atoms with E-state index in [1.54, 1.807) is 0 Å². The van der Waals surface area contributed by atoms with E-state index in [4.69, 9.17) is 0 Å². The molecular formula is C46H40P2. The topological polar surface area (TPSA) is 0 Å². The Hall–Kier alpha value is -4.34. The van der Waals surface area contributed by atoms with Crippen LogP contribution in [0, 0.1) is 5.92 Å². The molecule has 2 heteroatoms. The summed E-state index contributed by atoms with van der Waals surface area (Å²) >= 11 is 0. The predicted molar refractivity (Wildman–Crippen MR) is 212 cm³/mol. The molecule has 0 nitrogen and oxygen atoms in total. The maximum Gasteiger partial charge on any atom is 0.00894 e. The van der Waals surface area contributed by atoms with Gasteiger partial charge in [-0.2, -0.15) is 0 Å². The lowest BCUT2D eigenvalue weighted by atomic mass is 9.73. The largest absolute Gasteiger partial charge is 0.0649 e. The van der Waals surface area contributed by atoms with Crippen molar-refractivity contribution in [3.05, 3.63) is 191 Å². The van der Waals surface area contributed by atoms with Gasteiger partial charge in [0.05, 0.1) is 0 Å². The standard InChI is InChI=1S/C46H40P2/c1-32-28-35-24-26-41(47(37-16-8-4-9-17-37)38-18-10-5-11-19-38)30-43(35)45(32)34(3)46-33(2)29-36-25-27-42(31-44(36)46)48(39-20-12-6-13-21-39)40-22-14-7-15-23-40/h4-31,34,45-46H,1-3H3. The summed E-state index contributed by atoms with van der Waals surface area (Å²) in [6, 6.07) is 59.0. The maximum absolute atomic E-state index is 2.56. The molecule has 6 aromatic carbocycles. The smallest absolute Gasteiger partial charge is 0.00894 e. The van der Waals surface area contributed by atoms with Crippen molar-refractivity contribution in [1.29, 1.82) is 0 Å². The molecule has 2 aliphatic carbocycles. The van der Waals surface area contributed by atoms with Gasteiger partial charge in [-0.15, -0.1) is 0 Å². The Morgan fingerprint density at radius 2 is 0.708 bits per heavy atom. The van der Waals surface area contributed by atoms with Crippen LogP contribution >= 0.6 is 15.8 Å². The lowest BCUT2D eigenvalue weighted by Gasteiger charge is -2.31. The zero-order valence-corrected chi connectivity index (χ0v) is 29.6. The van der Waals surface area contributed by atoms with Crippen molar-refractivity contribution in [3.8, 4) is 0 Å². The average molecular weight is 655 g/mol. The van der Waals surface area contributed by atoms with E-state index in [-0.39, 0.29) is 0 Å². The molecule has 0 N–H and O–H groups in total. The van der Waals surface area contributed by atoms with Crippen LogP contribution in [0.2, 0.25) is 0 Å². The summed E-state index contributed by atoms with van der Waals surface area (Å²) in [5.41, 5.74) is 8.71. The van der Waals surface area contributed by atoms with E-state index in [1.165, 1.54) is 65.2 Å². The second kappa shape index (κ2) is 13.3. The molecule has 0 radical (unpaired) electrons. The highest BCUT2D eigenvalue weighted by Gasteiger charge is 2.37. The van der Waals surface area contributed by atoms with Crippen LogP contribution in [0.4, 0.5) is 0 Å². The predicted octanol–water partition coefficient (Wildman–Crippen LogP) is 9.54. The van der Waals surface area contributed by atoms with Gasteiger partial charge in [0.2, 0.25) is 0 Å². The zero-order valence-electron chi connectivity index (χ0n) is 27.8. The van der Waals surface area contributed by atoms with Gasteiger partial charge < -0.3 is 0 Å². The van der Waals surface area contributed by atoms with E-state index in [1.807, 2.05) is 0 Å². The molecule has 6 aromatic rings. The van der Waals surface area contributed by atoms with E-state index in [0.717, 1.165) is 0 Å². The summed E-state index contributed by atoms with van der Waals surface area (Å²) in [6.07, 6.45) is 4.89. The average Bonchev–Trinajstić information content (AvgIpc) is 3.64. The Balaban J connectivity index is 1.18. The molecule has 2 aliphatic rings. The van der Waals surface area contributed by atoms with Crippen LogP contribution in [0.15, 0.2) is 169 Å². The number of rotatable bonds is 8. The van der Waals surface area contributed by atoms with Gasteiger partial charge in [0.15, 0.2) is 0 Å². The molecule has 234 valence electrons. The highest BCUT2D eigenvalue weighted by molar-refractivity contribution is 7.80. The Labute approximate surface area is 288 Å². The van der Waals surface area contributed by atoms with Crippen molar-refractivity contribution in [2.75, 3.05) is 0 Å². The van der Waals surface area contributed by atoms with Crippen molar-refractivity contribution in [2.24, 2.45) is 5.92 Å².